The number of benzene rings is 1. The average Bonchev–Trinajstić information content (AvgIpc) is 2.77. The largest absolute Gasteiger partial charge is 0.451 e. The van der Waals surface area contributed by atoms with Gasteiger partial charge in [-0.3, -0.25) is 19.3 Å². The van der Waals surface area contributed by atoms with E-state index in [4.69, 9.17) is 27.9 Å². The number of ether oxygens (including phenoxy) is 1. The van der Waals surface area contributed by atoms with Gasteiger partial charge in [-0.15, -0.1) is 0 Å². The third-order valence-electron chi connectivity index (χ3n) is 3.78. The van der Waals surface area contributed by atoms with Gasteiger partial charge in [0, 0.05) is 6.04 Å². The van der Waals surface area contributed by atoms with Gasteiger partial charge < -0.3 is 10.1 Å². The highest BCUT2D eigenvalue weighted by Crippen LogP contribution is 2.32. The Bertz CT molecular complexity index is 753. The molecule has 1 aromatic carbocycles. The normalized spacial score (nSPS) is 15.7. The van der Waals surface area contributed by atoms with Crippen LogP contribution in [0.4, 0.5) is 0 Å². The van der Waals surface area contributed by atoms with E-state index < -0.39 is 35.8 Å². The second-order valence-electron chi connectivity index (χ2n) is 6.21. The molecule has 3 amide bonds. The maximum Gasteiger partial charge on any atom is 0.329 e. The summed E-state index contributed by atoms with van der Waals surface area (Å²) in [4.78, 5) is 49.9. The van der Waals surface area contributed by atoms with Crippen LogP contribution in [0.5, 0.6) is 0 Å². The average molecular weight is 401 g/mol. The minimum atomic E-state index is -1.21. The maximum absolute atomic E-state index is 12.5. The Morgan fingerprint density at radius 2 is 1.46 bits per heavy atom. The molecule has 0 aromatic heterocycles. The third-order valence-corrected chi connectivity index (χ3v) is 4.50. The lowest BCUT2D eigenvalue weighted by atomic mass is 10.1. The lowest BCUT2D eigenvalue weighted by molar-refractivity contribution is -0.158. The summed E-state index contributed by atoms with van der Waals surface area (Å²) in [7, 11) is 0. The van der Waals surface area contributed by atoms with Crippen molar-refractivity contribution in [2.75, 3.05) is 0 Å². The molecule has 1 aliphatic heterocycles. The molecule has 140 valence electrons. The molecule has 7 nitrogen and oxygen atoms in total. The number of halogens is 2. The van der Waals surface area contributed by atoms with Crippen molar-refractivity contribution in [1.29, 1.82) is 0 Å². The molecule has 0 saturated carbocycles. The van der Waals surface area contributed by atoms with Crippen LogP contribution in [0.25, 0.3) is 0 Å². The highest BCUT2D eigenvalue weighted by Gasteiger charge is 2.42. The molecular formula is C17H18Cl2N2O5. The Balaban J connectivity index is 2.16. The summed E-state index contributed by atoms with van der Waals surface area (Å²) in [6.45, 7) is 6.29. The Labute approximate surface area is 160 Å². The predicted octanol–water partition coefficient (Wildman–Crippen LogP) is 2.43. The number of carbonyl (C=O) groups excluding carboxylic acids is 4. The zero-order valence-electron chi connectivity index (χ0n) is 14.6. The van der Waals surface area contributed by atoms with E-state index in [-0.39, 0.29) is 27.2 Å². The number of fused-ring (bicyclic) bond motifs is 1. The molecule has 0 saturated heterocycles. The molecule has 0 aliphatic carbocycles. The van der Waals surface area contributed by atoms with Gasteiger partial charge in [0.1, 0.15) is 6.04 Å². The first kappa shape index (κ1) is 20.2. The van der Waals surface area contributed by atoms with Crippen LogP contribution in [0.3, 0.4) is 0 Å². The van der Waals surface area contributed by atoms with Crippen molar-refractivity contribution < 1.29 is 23.9 Å². The molecule has 2 atom stereocenters. The van der Waals surface area contributed by atoms with Crippen LogP contribution in [0.2, 0.25) is 10.0 Å². The topological polar surface area (TPSA) is 92.8 Å². The molecule has 1 N–H and O–H groups in total. The number of nitrogens with zero attached hydrogens (tertiary/aromatic N) is 1. The lowest BCUT2D eigenvalue weighted by Crippen LogP contribution is -2.46. The summed E-state index contributed by atoms with van der Waals surface area (Å²) >= 11 is 11.8. The molecule has 0 radical (unpaired) electrons. The van der Waals surface area contributed by atoms with Crippen molar-refractivity contribution in [2.45, 2.75) is 45.9 Å². The fourth-order valence-corrected chi connectivity index (χ4v) is 2.77. The predicted molar refractivity (Wildman–Crippen MR) is 95.3 cm³/mol. The van der Waals surface area contributed by atoms with Crippen molar-refractivity contribution in [3.63, 3.8) is 0 Å². The summed E-state index contributed by atoms with van der Waals surface area (Å²) in [6.07, 6.45) is -1.06. The molecule has 1 heterocycles. The molecule has 1 aliphatic rings. The van der Waals surface area contributed by atoms with Crippen molar-refractivity contribution in [2.24, 2.45) is 0 Å². The van der Waals surface area contributed by atoms with Crippen LogP contribution in [0.1, 0.15) is 48.4 Å². The third kappa shape index (κ3) is 3.83. The molecule has 2 rings (SSSR count). The van der Waals surface area contributed by atoms with Gasteiger partial charge in [-0.05, 0) is 39.8 Å². The van der Waals surface area contributed by atoms with Crippen LogP contribution >= 0.6 is 23.2 Å². The maximum atomic E-state index is 12.5. The van der Waals surface area contributed by atoms with Crippen molar-refractivity contribution >= 4 is 46.9 Å². The summed E-state index contributed by atoms with van der Waals surface area (Å²) in [5.74, 6) is -2.69. The standard InChI is InChI=1S/C17H18Cl2N2O5/c1-7(2)20-14(22)9(4)26-17(25)8(3)21-15(23)10-5-12(18)13(19)6-11(10)16(21)24/h5-9H,1-4H3,(H,20,22)/t8-,9-/m0/s1. The fourth-order valence-electron chi connectivity index (χ4n) is 2.44. The molecule has 0 unspecified atom stereocenters. The minimum Gasteiger partial charge on any atom is -0.451 e. The zero-order chi connectivity index (χ0) is 19.8. The van der Waals surface area contributed by atoms with E-state index in [1.165, 1.54) is 26.0 Å². The first-order valence-corrected chi connectivity index (χ1v) is 8.68. The van der Waals surface area contributed by atoms with Crippen molar-refractivity contribution in [3.05, 3.63) is 33.3 Å². The van der Waals surface area contributed by atoms with Gasteiger partial charge in [-0.2, -0.15) is 0 Å². The molecule has 26 heavy (non-hydrogen) atoms. The lowest BCUT2D eigenvalue weighted by Gasteiger charge is -2.23. The first-order valence-electron chi connectivity index (χ1n) is 7.92. The first-order chi connectivity index (χ1) is 12.0. The summed E-state index contributed by atoms with van der Waals surface area (Å²) in [5, 5.41) is 2.86. The molecule has 1 aromatic rings. The quantitative estimate of drug-likeness (QED) is 0.604. The molecule has 0 bridgehead atoms. The minimum absolute atomic E-state index is 0.0645. The number of rotatable bonds is 5. The summed E-state index contributed by atoms with van der Waals surface area (Å²) in [5.41, 5.74) is 0.129. The van der Waals surface area contributed by atoms with Gasteiger partial charge in [0.05, 0.1) is 21.2 Å². The van der Waals surface area contributed by atoms with E-state index in [0.717, 1.165) is 4.90 Å². The zero-order valence-corrected chi connectivity index (χ0v) is 16.1. The van der Waals surface area contributed by atoms with Gasteiger partial charge in [0.15, 0.2) is 6.10 Å². The SMILES string of the molecule is CC(C)NC(=O)[C@H](C)OC(=O)[C@H](C)N1C(=O)c2cc(Cl)c(Cl)cc2C1=O. The smallest absolute Gasteiger partial charge is 0.329 e. The van der Waals surface area contributed by atoms with E-state index in [1.807, 2.05) is 0 Å². The molecule has 0 spiro atoms. The Kier molecular flexibility index (Phi) is 5.93. The van der Waals surface area contributed by atoms with Gasteiger partial charge in [-0.25, -0.2) is 4.79 Å². The second kappa shape index (κ2) is 7.63. The molecular weight excluding hydrogens is 383 g/mol. The van der Waals surface area contributed by atoms with E-state index in [1.54, 1.807) is 13.8 Å². The second-order valence-corrected chi connectivity index (χ2v) is 7.02. The van der Waals surface area contributed by atoms with Crippen LogP contribution < -0.4 is 5.32 Å². The number of carbonyl (C=O) groups is 4. The van der Waals surface area contributed by atoms with Gasteiger partial charge in [0.25, 0.3) is 17.7 Å². The van der Waals surface area contributed by atoms with Crippen molar-refractivity contribution in [3.8, 4) is 0 Å². The summed E-state index contributed by atoms with van der Waals surface area (Å²) in [6, 6.07) is 1.24. The number of hydrogen-bond acceptors (Lipinski definition) is 5. The van der Waals surface area contributed by atoms with Gasteiger partial charge >= 0.3 is 5.97 Å². The number of nitrogens with one attached hydrogen (secondary N) is 1. The van der Waals surface area contributed by atoms with Crippen LogP contribution in [0.15, 0.2) is 12.1 Å². The van der Waals surface area contributed by atoms with Crippen LogP contribution in [-0.2, 0) is 14.3 Å². The number of imide groups is 1. The van der Waals surface area contributed by atoms with Gasteiger partial charge in [0.2, 0.25) is 0 Å². The van der Waals surface area contributed by atoms with Gasteiger partial charge in [-0.1, -0.05) is 23.2 Å². The highest BCUT2D eigenvalue weighted by molar-refractivity contribution is 6.43. The van der Waals surface area contributed by atoms with E-state index in [0.29, 0.717) is 0 Å². The molecule has 0 fully saturated rings. The summed E-state index contributed by atoms with van der Waals surface area (Å²) < 4.78 is 5.08. The Morgan fingerprint density at radius 1 is 1.00 bits per heavy atom. The van der Waals surface area contributed by atoms with Crippen molar-refractivity contribution in [1.82, 2.24) is 10.2 Å². The van der Waals surface area contributed by atoms with Crippen LogP contribution in [-0.4, -0.2) is 46.8 Å². The molecule has 9 heteroatoms. The Hall–Kier alpha value is -2.12. The highest BCUT2D eigenvalue weighted by atomic mass is 35.5. The monoisotopic (exact) mass is 400 g/mol. The Morgan fingerprint density at radius 3 is 1.88 bits per heavy atom. The van der Waals surface area contributed by atoms with E-state index in [9.17, 15) is 19.2 Å². The van der Waals surface area contributed by atoms with E-state index >= 15 is 0 Å². The number of amides is 3. The number of hydrogen-bond donors (Lipinski definition) is 1. The number of esters is 1. The van der Waals surface area contributed by atoms with Crippen LogP contribution in [0, 0.1) is 0 Å². The fraction of sp³-hybridized carbons (Fsp3) is 0.412. The van der Waals surface area contributed by atoms with E-state index in [2.05, 4.69) is 5.32 Å².